The van der Waals surface area contributed by atoms with E-state index in [4.69, 9.17) is 0 Å². The number of aliphatic hydroxyl groups is 1. The summed E-state index contributed by atoms with van der Waals surface area (Å²) in [5.41, 5.74) is 0.514. The van der Waals surface area contributed by atoms with Crippen LogP contribution in [0.5, 0.6) is 0 Å². The summed E-state index contributed by atoms with van der Waals surface area (Å²) in [4.78, 5) is 0. The Bertz CT molecular complexity index is 417. The summed E-state index contributed by atoms with van der Waals surface area (Å²) in [6.07, 6.45) is 5.40. The third kappa shape index (κ3) is 5.61. The van der Waals surface area contributed by atoms with E-state index in [2.05, 4.69) is 53.5 Å². The third-order valence-corrected chi connectivity index (χ3v) is 3.99. The van der Waals surface area contributed by atoms with E-state index in [0.29, 0.717) is 19.3 Å². The van der Waals surface area contributed by atoms with Gasteiger partial charge in [-0.2, -0.15) is 0 Å². The highest BCUT2D eigenvalue weighted by molar-refractivity contribution is 9.10. The van der Waals surface area contributed by atoms with E-state index in [9.17, 15) is 5.11 Å². The Morgan fingerprint density at radius 2 is 1.80 bits per heavy atom. The molecule has 0 radical (unpaired) electrons. The van der Waals surface area contributed by atoms with Gasteiger partial charge in [-0.05, 0) is 50.4 Å². The van der Waals surface area contributed by atoms with Gasteiger partial charge in [0.15, 0.2) is 0 Å². The van der Waals surface area contributed by atoms with Crippen LogP contribution in [0.3, 0.4) is 0 Å². The summed E-state index contributed by atoms with van der Waals surface area (Å²) < 4.78 is 1.08. The molecule has 0 bridgehead atoms. The number of hydrogen-bond acceptors (Lipinski definition) is 2. The molecular weight excluding hydrogens is 314 g/mol. The molecule has 0 saturated carbocycles. The van der Waals surface area contributed by atoms with Crippen molar-refractivity contribution in [1.29, 1.82) is 0 Å². The summed E-state index contributed by atoms with van der Waals surface area (Å²) in [6, 6.07) is 8.54. The molecule has 0 aromatic heterocycles. The molecule has 1 aromatic rings. The van der Waals surface area contributed by atoms with Gasteiger partial charge in [-0.25, -0.2) is 0 Å². The second kappa shape index (κ2) is 8.40. The van der Waals surface area contributed by atoms with E-state index >= 15 is 0 Å². The normalized spacial score (nSPS) is 12.9. The van der Waals surface area contributed by atoms with Crippen LogP contribution in [0.4, 0.5) is 0 Å². The van der Waals surface area contributed by atoms with Crippen molar-refractivity contribution >= 4 is 15.9 Å². The highest BCUT2D eigenvalue weighted by atomic mass is 79.9. The van der Waals surface area contributed by atoms with Crippen LogP contribution < -0.4 is 5.32 Å². The summed E-state index contributed by atoms with van der Waals surface area (Å²) in [7, 11) is 0. The summed E-state index contributed by atoms with van der Waals surface area (Å²) in [5, 5.41) is 13.9. The molecule has 2 N–H and O–H groups in total. The fraction of sp³-hybridized carbons (Fsp3) is 0.412. The average Bonchev–Trinajstić information content (AvgIpc) is 2.39. The van der Waals surface area contributed by atoms with Crippen molar-refractivity contribution in [2.24, 2.45) is 0 Å². The maximum Gasteiger partial charge on any atom is 0.0728 e. The molecule has 0 spiro atoms. The molecule has 1 unspecified atom stereocenters. The maximum atomic E-state index is 10.4. The highest BCUT2D eigenvalue weighted by Gasteiger charge is 2.23. The van der Waals surface area contributed by atoms with Crippen molar-refractivity contribution in [3.05, 3.63) is 59.6 Å². The second-order valence-electron chi connectivity index (χ2n) is 5.19. The monoisotopic (exact) mass is 337 g/mol. The van der Waals surface area contributed by atoms with Gasteiger partial charge in [0.2, 0.25) is 0 Å². The minimum absolute atomic E-state index is 0.264. The molecule has 20 heavy (non-hydrogen) atoms. The van der Waals surface area contributed by atoms with Gasteiger partial charge < -0.3 is 10.4 Å². The molecule has 3 heteroatoms. The zero-order chi connectivity index (χ0) is 15.0. The topological polar surface area (TPSA) is 32.3 Å². The first-order valence-electron chi connectivity index (χ1n) is 6.94. The van der Waals surface area contributed by atoms with E-state index < -0.39 is 5.60 Å². The molecule has 2 nitrogen and oxygen atoms in total. The second-order valence-corrected chi connectivity index (χ2v) is 6.10. The molecule has 110 valence electrons. The first kappa shape index (κ1) is 17.2. The average molecular weight is 338 g/mol. The Labute approximate surface area is 130 Å². The van der Waals surface area contributed by atoms with Crippen molar-refractivity contribution in [2.45, 2.75) is 37.8 Å². The SMILES string of the molecule is C=CCC(O)(CC=C)CCNC(C)c1ccc(Br)cc1. The predicted octanol–water partition coefficient (Wildman–Crippen LogP) is 4.37. The lowest BCUT2D eigenvalue weighted by Crippen LogP contribution is -2.33. The molecule has 1 aromatic carbocycles. The molecule has 0 aliphatic carbocycles. The maximum absolute atomic E-state index is 10.4. The fourth-order valence-corrected chi connectivity index (χ4v) is 2.48. The predicted molar refractivity (Wildman–Crippen MR) is 89.8 cm³/mol. The van der Waals surface area contributed by atoms with E-state index in [0.717, 1.165) is 11.0 Å². The van der Waals surface area contributed by atoms with Gasteiger partial charge in [0.1, 0.15) is 0 Å². The quantitative estimate of drug-likeness (QED) is 0.655. The van der Waals surface area contributed by atoms with Crippen LogP contribution >= 0.6 is 15.9 Å². The Balaban J connectivity index is 2.47. The van der Waals surface area contributed by atoms with E-state index in [1.165, 1.54) is 5.56 Å². The van der Waals surface area contributed by atoms with E-state index in [1.54, 1.807) is 12.2 Å². The number of rotatable bonds is 9. The number of hydrogen-bond donors (Lipinski definition) is 2. The zero-order valence-electron chi connectivity index (χ0n) is 12.1. The van der Waals surface area contributed by atoms with Gasteiger partial charge in [-0.1, -0.05) is 40.2 Å². The van der Waals surface area contributed by atoms with Crippen LogP contribution in [0.15, 0.2) is 54.0 Å². The molecule has 0 amide bonds. The number of halogens is 1. The van der Waals surface area contributed by atoms with Crippen LogP contribution in [0, 0.1) is 0 Å². The van der Waals surface area contributed by atoms with Crippen molar-refractivity contribution in [1.82, 2.24) is 5.32 Å². The minimum Gasteiger partial charge on any atom is -0.389 e. The molecule has 0 aliphatic rings. The lowest BCUT2D eigenvalue weighted by Gasteiger charge is -2.26. The van der Waals surface area contributed by atoms with Gasteiger partial charge in [0.05, 0.1) is 5.60 Å². The summed E-state index contributed by atoms with van der Waals surface area (Å²) >= 11 is 3.44. The van der Waals surface area contributed by atoms with Gasteiger partial charge in [-0.15, -0.1) is 13.2 Å². The van der Waals surface area contributed by atoms with Crippen molar-refractivity contribution in [3.63, 3.8) is 0 Å². The smallest absolute Gasteiger partial charge is 0.0728 e. The third-order valence-electron chi connectivity index (χ3n) is 3.46. The molecule has 0 heterocycles. The summed E-state index contributed by atoms with van der Waals surface area (Å²) in [5.74, 6) is 0. The molecule has 0 saturated heterocycles. The first-order chi connectivity index (χ1) is 9.50. The van der Waals surface area contributed by atoms with Gasteiger partial charge >= 0.3 is 0 Å². The molecule has 0 aliphatic heterocycles. The van der Waals surface area contributed by atoms with Crippen LogP contribution in [-0.2, 0) is 0 Å². The van der Waals surface area contributed by atoms with E-state index in [1.807, 2.05) is 12.1 Å². The first-order valence-corrected chi connectivity index (χ1v) is 7.73. The molecule has 1 rings (SSSR count). The zero-order valence-corrected chi connectivity index (χ0v) is 13.7. The Kier molecular flexibility index (Phi) is 7.20. The van der Waals surface area contributed by atoms with Crippen LogP contribution in [-0.4, -0.2) is 17.3 Å². The standard InChI is InChI=1S/C17H24BrNO/c1-4-10-17(20,11-5-2)12-13-19-14(3)15-6-8-16(18)9-7-15/h4-9,14,19-20H,1-2,10-13H2,3H3. The molecule has 1 atom stereocenters. The number of benzene rings is 1. The van der Waals surface area contributed by atoms with Gasteiger partial charge in [0, 0.05) is 10.5 Å². The highest BCUT2D eigenvalue weighted by Crippen LogP contribution is 2.21. The van der Waals surface area contributed by atoms with Crippen molar-refractivity contribution < 1.29 is 5.11 Å². The Morgan fingerprint density at radius 1 is 1.25 bits per heavy atom. The van der Waals surface area contributed by atoms with Crippen molar-refractivity contribution in [3.8, 4) is 0 Å². The fourth-order valence-electron chi connectivity index (χ4n) is 2.22. The van der Waals surface area contributed by atoms with E-state index in [-0.39, 0.29) is 6.04 Å². The minimum atomic E-state index is -0.726. The number of nitrogens with one attached hydrogen (secondary N) is 1. The van der Waals surface area contributed by atoms with Crippen LogP contribution in [0.2, 0.25) is 0 Å². The Morgan fingerprint density at radius 3 is 2.30 bits per heavy atom. The van der Waals surface area contributed by atoms with Crippen LogP contribution in [0.25, 0.3) is 0 Å². The van der Waals surface area contributed by atoms with Crippen molar-refractivity contribution in [2.75, 3.05) is 6.54 Å². The van der Waals surface area contributed by atoms with Crippen LogP contribution in [0.1, 0.15) is 37.8 Å². The Hall–Kier alpha value is -0.900. The lowest BCUT2D eigenvalue weighted by molar-refractivity contribution is 0.0372. The van der Waals surface area contributed by atoms with Gasteiger partial charge in [-0.3, -0.25) is 0 Å². The van der Waals surface area contributed by atoms with Gasteiger partial charge in [0.25, 0.3) is 0 Å². The summed E-state index contributed by atoms with van der Waals surface area (Å²) in [6.45, 7) is 10.3. The molecular formula is C17H24BrNO. The molecule has 0 fully saturated rings. The largest absolute Gasteiger partial charge is 0.389 e. The lowest BCUT2D eigenvalue weighted by atomic mass is 9.91.